The molecule has 1 aromatic rings. The molecule has 1 atom stereocenters. The van der Waals surface area contributed by atoms with Crippen LogP contribution in [-0.2, 0) is 0 Å². The van der Waals surface area contributed by atoms with Crippen molar-refractivity contribution in [2.75, 3.05) is 14.1 Å². The van der Waals surface area contributed by atoms with E-state index in [4.69, 9.17) is 11.6 Å². The van der Waals surface area contributed by atoms with Crippen LogP contribution in [0, 0.1) is 5.82 Å². The molecule has 1 rings (SSSR count). The third-order valence-electron chi connectivity index (χ3n) is 2.20. The van der Waals surface area contributed by atoms with Gasteiger partial charge in [-0.1, -0.05) is 17.7 Å². The van der Waals surface area contributed by atoms with Gasteiger partial charge in [0.15, 0.2) is 0 Å². The SMILES string of the molecule is CC(c1ccc(F)c(Cl)c1)N(C)C. The van der Waals surface area contributed by atoms with Crippen LogP contribution >= 0.6 is 11.6 Å². The lowest BCUT2D eigenvalue weighted by Crippen LogP contribution is -2.16. The summed E-state index contributed by atoms with van der Waals surface area (Å²) in [5.41, 5.74) is 1.02. The molecule has 0 radical (unpaired) electrons. The first kappa shape index (κ1) is 10.5. The number of halogens is 2. The predicted octanol–water partition coefficient (Wildman–Crippen LogP) is 3.10. The van der Waals surface area contributed by atoms with Crippen LogP contribution in [0.2, 0.25) is 5.02 Å². The molecule has 0 N–H and O–H groups in total. The van der Waals surface area contributed by atoms with Crippen molar-refractivity contribution in [1.29, 1.82) is 0 Å². The lowest BCUT2D eigenvalue weighted by atomic mass is 10.1. The maximum absolute atomic E-state index is 12.8. The zero-order valence-corrected chi connectivity index (χ0v) is 8.77. The minimum Gasteiger partial charge on any atom is -0.303 e. The summed E-state index contributed by atoms with van der Waals surface area (Å²) >= 11 is 5.67. The first-order valence-corrected chi connectivity index (χ1v) is 4.51. The number of hydrogen-bond donors (Lipinski definition) is 0. The lowest BCUT2D eigenvalue weighted by Gasteiger charge is -2.20. The molecule has 0 saturated heterocycles. The molecule has 0 aromatic heterocycles. The molecule has 1 nitrogen and oxygen atoms in total. The van der Waals surface area contributed by atoms with Crippen molar-refractivity contribution in [2.24, 2.45) is 0 Å². The van der Waals surface area contributed by atoms with E-state index >= 15 is 0 Å². The summed E-state index contributed by atoms with van der Waals surface area (Å²) in [6, 6.07) is 5.07. The zero-order valence-electron chi connectivity index (χ0n) is 8.01. The smallest absolute Gasteiger partial charge is 0.141 e. The average molecular weight is 202 g/mol. The van der Waals surface area contributed by atoms with Gasteiger partial charge in [-0.15, -0.1) is 0 Å². The zero-order chi connectivity index (χ0) is 10.0. The Morgan fingerprint density at radius 2 is 2.00 bits per heavy atom. The molecule has 0 aliphatic rings. The average Bonchev–Trinajstić information content (AvgIpc) is 2.08. The highest BCUT2D eigenvalue weighted by atomic mass is 35.5. The fraction of sp³-hybridized carbons (Fsp3) is 0.400. The van der Waals surface area contributed by atoms with Crippen LogP contribution in [0.3, 0.4) is 0 Å². The Balaban J connectivity index is 2.97. The molecular weight excluding hydrogens is 189 g/mol. The van der Waals surface area contributed by atoms with Gasteiger partial charge in [-0.3, -0.25) is 0 Å². The van der Waals surface area contributed by atoms with E-state index in [1.54, 1.807) is 12.1 Å². The minimum atomic E-state index is -0.364. The van der Waals surface area contributed by atoms with E-state index in [0.29, 0.717) is 0 Å². The molecule has 0 heterocycles. The Labute approximate surface area is 83.1 Å². The summed E-state index contributed by atoms with van der Waals surface area (Å²) in [5, 5.41) is 0.186. The molecule has 3 heteroatoms. The largest absolute Gasteiger partial charge is 0.303 e. The van der Waals surface area contributed by atoms with Gasteiger partial charge in [-0.05, 0) is 38.7 Å². The van der Waals surface area contributed by atoms with Crippen LogP contribution in [0.15, 0.2) is 18.2 Å². The number of nitrogens with zero attached hydrogens (tertiary/aromatic N) is 1. The van der Waals surface area contributed by atoms with Crippen LogP contribution in [0.1, 0.15) is 18.5 Å². The Kier molecular flexibility index (Phi) is 3.28. The van der Waals surface area contributed by atoms with Gasteiger partial charge in [-0.25, -0.2) is 4.39 Å². The van der Waals surface area contributed by atoms with E-state index in [2.05, 4.69) is 0 Å². The Bertz CT molecular complexity index is 299. The molecule has 72 valence electrons. The molecule has 0 aliphatic heterocycles. The van der Waals surface area contributed by atoms with Crippen molar-refractivity contribution in [3.63, 3.8) is 0 Å². The van der Waals surface area contributed by atoms with Crippen molar-refractivity contribution < 1.29 is 4.39 Å². The van der Waals surface area contributed by atoms with Gasteiger partial charge in [0, 0.05) is 6.04 Å². The second-order valence-corrected chi connectivity index (χ2v) is 3.72. The molecule has 13 heavy (non-hydrogen) atoms. The highest BCUT2D eigenvalue weighted by molar-refractivity contribution is 6.30. The van der Waals surface area contributed by atoms with E-state index in [1.807, 2.05) is 25.9 Å². The molecule has 0 saturated carbocycles. The second-order valence-electron chi connectivity index (χ2n) is 3.31. The van der Waals surface area contributed by atoms with Gasteiger partial charge in [0.2, 0.25) is 0 Å². The standard InChI is InChI=1S/C10H13ClFN/c1-7(13(2)3)8-4-5-10(12)9(11)6-8/h4-7H,1-3H3. The van der Waals surface area contributed by atoms with E-state index < -0.39 is 0 Å². The summed E-state index contributed by atoms with van der Waals surface area (Å²) in [4.78, 5) is 2.05. The molecule has 0 spiro atoms. The van der Waals surface area contributed by atoms with Crippen LogP contribution in [0.25, 0.3) is 0 Å². The van der Waals surface area contributed by atoms with Crippen LogP contribution in [0.5, 0.6) is 0 Å². The quantitative estimate of drug-likeness (QED) is 0.711. The number of rotatable bonds is 2. The molecule has 1 aromatic carbocycles. The summed E-state index contributed by atoms with van der Waals surface area (Å²) in [7, 11) is 3.95. The Morgan fingerprint density at radius 1 is 1.38 bits per heavy atom. The molecule has 1 unspecified atom stereocenters. The molecule has 0 aliphatic carbocycles. The Hall–Kier alpha value is -0.600. The summed E-state index contributed by atoms with van der Waals surface area (Å²) in [6.07, 6.45) is 0. The third-order valence-corrected chi connectivity index (χ3v) is 2.49. The Morgan fingerprint density at radius 3 is 2.46 bits per heavy atom. The molecule has 0 amide bonds. The van der Waals surface area contributed by atoms with Gasteiger partial charge in [0.1, 0.15) is 5.82 Å². The van der Waals surface area contributed by atoms with Gasteiger partial charge in [0.05, 0.1) is 5.02 Å². The highest BCUT2D eigenvalue weighted by Gasteiger charge is 2.09. The normalized spacial score (nSPS) is 13.4. The van der Waals surface area contributed by atoms with Crippen molar-refractivity contribution in [3.8, 4) is 0 Å². The van der Waals surface area contributed by atoms with Crippen molar-refractivity contribution >= 4 is 11.6 Å². The minimum absolute atomic E-state index is 0.186. The van der Waals surface area contributed by atoms with Crippen molar-refractivity contribution in [2.45, 2.75) is 13.0 Å². The third kappa shape index (κ3) is 2.42. The fourth-order valence-electron chi connectivity index (χ4n) is 1.07. The second kappa shape index (κ2) is 4.07. The number of benzene rings is 1. The van der Waals surface area contributed by atoms with Gasteiger partial charge in [0.25, 0.3) is 0 Å². The summed E-state index contributed by atoms with van der Waals surface area (Å²) in [6.45, 7) is 2.05. The van der Waals surface area contributed by atoms with E-state index in [-0.39, 0.29) is 16.9 Å². The first-order chi connectivity index (χ1) is 6.02. The van der Waals surface area contributed by atoms with Crippen LogP contribution < -0.4 is 0 Å². The van der Waals surface area contributed by atoms with Crippen molar-refractivity contribution in [3.05, 3.63) is 34.6 Å². The lowest BCUT2D eigenvalue weighted by molar-refractivity contribution is 0.321. The monoisotopic (exact) mass is 201 g/mol. The molecular formula is C10H13ClFN. The first-order valence-electron chi connectivity index (χ1n) is 4.13. The molecule has 0 bridgehead atoms. The fourth-order valence-corrected chi connectivity index (χ4v) is 1.26. The molecule has 0 fully saturated rings. The van der Waals surface area contributed by atoms with Gasteiger partial charge >= 0.3 is 0 Å². The van der Waals surface area contributed by atoms with Gasteiger partial charge in [-0.2, -0.15) is 0 Å². The summed E-state index contributed by atoms with van der Waals surface area (Å²) < 4.78 is 12.8. The van der Waals surface area contributed by atoms with Crippen LogP contribution in [-0.4, -0.2) is 19.0 Å². The van der Waals surface area contributed by atoms with Crippen molar-refractivity contribution in [1.82, 2.24) is 4.90 Å². The predicted molar refractivity (Wildman–Crippen MR) is 53.5 cm³/mol. The summed E-state index contributed by atoms with van der Waals surface area (Å²) in [5.74, 6) is -0.364. The van der Waals surface area contributed by atoms with E-state index in [1.165, 1.54) is 6.07 Å². The van der Waals surface area contributed by atoms with Crippen LogP contribution in [0.4, 0.5) is 4.39 Å². The maximum atomic E-state index is 12.8. The maximum Gasteiger partial charge on any atom is 0.141 e. The van der Waals surface area contributed by atoms with Gasteiger partial charge < -0.3 is 4.90 Å². The van der Waals surface area contributed by atoms with E-state index in [0.717, 1.165) is 5.56 Å². The van der Waals surface area contributed by atoms with E-state index in [9.17, 15) is 4.39 Å². The number of hydrogen-bond acceptors (Lipinski definition) is 1. The topological polar surface area (TPSA) is 3.24 Å². The highest BCUT2D eigenvalue weighted by Crippen LogP contribution is 2.22.